The summed E-state index contributed by atoms with van der Waals surface area (Å²) in [6.07, 6.45) is 9.31. The first-order valence-electron chi connectivity index (χ1n) is 16.1. The lowest BCUT2D eigenvalue weighted by atomic mass is 10.1. The van der Waals surface area contributed by atoms with Crippen molar-refractivity contribution in [2.75, 3.05) is 0 Å². The Hall–Kier alpha value is -7.74. The number of phenols is 4. The first-order chi connectivity index (χ1) is 26.0. The van der Waals surface area contributed by atoms with E-state index in [1.807, 2.05) is 0 Å². The van der Waals surface area contributed by atoms with Crippen molar-refractivity contribution < 1.29 is 30.3 Å². The molecule has 0 heterocycles. The van der Waals surface area contributed by atoms with Gasteiger partial charge < -0.3 is 20.4 Å². The first-order valence-corrected chi connectivity index (χ1v) is 16.1. The molecule has 0 saturated carbocycles. The van der Waals surface area contributed by atoms with Gasteiger partial charge in [-0.3, -0.25) is 40.2 Å². The zero-order chi connectivity index (χ0) is 38.8. The molecule has 0 unspecified atom stereocenters. The summed E-state index contributed by atoms with van der Waals surface area (Å²) in [5, 5.41) is 65.8. The van der Waals surface area contributed by atoms with E-state index in [1.165, 1.54) is 61.3 Å². The van der Waals surface area contributed by atoms with Gasteiger partial charge in [0.25, 0.3) is 0 Å². The van der Waals surface area contributed by atoms with Gasteiger partial charge in [0.05, 0.1) is 32.6 Å². The molecule has 0 aliphatic rings. The molecule has 5 rings (SSSR count). The third-order valence-corrected chi connectivity index (χ3v) is 7.96. The number of aliphatic imine (C=N–C) groups is 4. The van der Waals surface area contributed by atoms with E-state index in [1.54, 1.807) is 48.6 Å². The van der Waals surface area contributed by atoms with Crippen LogP contribution in [0, 0.1) is 20.2 Å². The molecule has 4 N–H and O–H groups in total. The van der Waals surface area contributed by atoms with E-state index < -0.39 is 32.7 Å². The average Bonchev–Trinajstić information content (AvgIpc) is 3.15. The zero-order valence-electron chi connectivity index (χ0n) is 28.5. The van der Waals surface area contributed by atoms with E-state index in [4.69, 9.17) is 0 Å². The second kappa shape index (κ2) is 17.0. The van der Waals surface area contributed by atoms with Crippen molar-refractivity contribution in [1.82, 2.24) is 0 Å². The SMILES string of the molecule is C=CCc1cccc(C=Nc2cc(N=Cc3cccc(CC=C)c3O)c(N=Cc3cccc([N+](=O)[O-])c3O)cc2N=Cc2cccc([N+](=O)[O-])c2O)c1O. The number of aromatic hydroxyl groups is 4. The van der Waals surface area contributed by atoms with Gasteiger partial charge in [0.15, 0.2) is 0 Å². The lowest BCUT2D eigenvalue weighted by molar-refractivity contribution is -0.386. The van der Waals surface area contributed by atoms with Crippen LogP contribution in [0.5, 0.6) is 23.0 Å². The summed E-state index contributed by atoms with van der Waals surface area (Å²) in [4.78, 5) is 39.6. The number of phenolic OH excluding ortho intramolecular Hbond substituents is 4. The fourth-order valence-electron chi connectivity index (χ4n) is 5.20. The summed E-state index contributed by atoms with van der Waals surface area (Å²) >= 11 is 0. The highest BCUT2D eigenvalue weighted by atomic mass is 16.6. The molecule has 0 aromatic heterocycles. The van der Waals surface area contributed by atoms with Crippen LogP contribution in [0.1, 0.15) is 33.4 Å². The standard InChI is InChI=1S/C40H32N6O8/c1-3-9-25-11-5-13-27(37(25)47)21-41-31-19-32(42-22-28-14-6-12-26(10-4-2)38(28)48)34(44-24-30-16-8-18-36(40(30)50)46(53)54)20-33(31)43-23-29-15-7-17-35(39(29)49)45(51)52/h3-8,11-24,47-50H,1-2,9-10H2. The number of allylic oxidation sites excluding steroid dienone is 2. The monoisotopic (exact) mass is 724 g/mol. The highest BCUT2D eigenvalue weighted by Gasteiger charge is 2.18. The minimum Gasteiger partial charge on any atom is -0.507 e. The molecule has 54 heavy (non-hydrogen) atoms. The van der Waals surface area contributed by atoms with Crippen LogP contribution < -0.4 is 0 Å². The van der Waals surface area contributed by atoms with Crippen molar-refractivity contribution in [3.63, 3.8) is 0 Å². The molecule has 0 fully saturated rings. The van der Waals surface area contributed by atoms with Crippen molar-refractivity contribution in [3.8, 4) is 23.0 Å². The second-order valence-corrected chi connectivity index (χ2v) is 11.5. The summed E-state index contributed by atoms with van der Waals surface area (Å²) in [5.74, 6) is -1.25. The molecule has 5 aromatic carbocycles. The second-order valence-electron chi connectivity index (χ2n) is 11.5. The van der Waals surface area contributed by atoms with Crippen LogP contribution in [0.3, 0.4) is 0 Å². The van der Waals surface area contributed by atoms with Gasteiger partial charge in [-0.15, -0.1) is 13.2 Å². The number of nitro groups is 2. The van der Waals surface area contributed by atoms with Gasteiger partial charge in [0.2, 0.25) is 11.5 Å². The first kappa shape index (κ1) is 37.5. The van der Waals surface area contributed by atoms with E-state index in [-0.39, 0.29) is 45.4 Å². The van der Waals surface area contributed by atoms with E-state index in [0.29, 0.717) is 35.1 Å². The maximum absolute atomic E-state index is 11.5. The molecule has 0 atom stereocenters. The van der Waals surface area contributed by atoms with Crippen LogP contribution in [0.4, 0.5) is 34.1 Å². The van der Waals surface area contributed by atoms with Crippen molar-refractivity contribution in [1.29, 1.82) is 0 Å². The highest BCUT2D eigenvalue weighted by molar-refractivity contribution is 5.95. The fraction of sp³-hybridized carbons (Fsp3) is 0.0500. The minimum absolute atomic E-state index is 0.0150. The fourth-order valence-corrected chi connectivity index (χ4v) is 5.20. The molecule has 0 aliphatic carbocycles. The van der Waals surface area contributed by atoms with Gasteiger partial charge in [-0.1, -0.05) is 48.6 Å². The molecule has 0 radical (unpaired) electrons. The number of benzene rings is 5. The average molecular weight is 725 g/mol. The number of hydrogen-bond acceptors (Lipinski definition) is 12. The van der Waals surface area contributed by atoms with E-state index in [2.05, 4.69) is 33.1 Å². The Morgan fingerprint density at radius 2 is 0.796 bits per heavy atom. The largest absolute Gasteiger partial charge is 0.507 e. The molecule has 0 aliphatic heterocycles. The molecule has 14 nitrogen and oxygen atoms in total. The Kier molecular flexibility index (Phi) is 11.8. The van der Waals surface area contributed by atoms with Crippen LogP contribution in [-0.4, -0.2) is 55.1 Å². The summed E-state index contributed by atoms with van der Waals surface area (Å²) < 4.78 is 0. The van der Waals surface area contributed by atoms with Gasteiger partial charge in [-0.25, -0.2) is 0 Å². The Labute approximate surface area is 308 Å². The molecule has 14 heteroatoms. The summed E-state index contributed by atoms with van der Waals surface area (Å²) in [7, 11) is 0. The Balaban J connectivity index is 1.72. The van der Waals surface area contributed by atoms with Crippen LogP contribution in [0.15, 0.2) is 130 Å². The van der Waals surface area contributed by atoms with E-state index in [0.717, 1.165) is 12.1 Å². The minimum atomic E-state index is -0.733. The van der Waals surface area contributed by atoms with Gasteiger partial charge in [0.1, 0.15) is 11.5 Å². The smallest absolute Gasteiger partial charge is 0.311 e. The molecule has 0 bridgehead atoms. The molecular formula is C40H32N6O8. The highest BCUT2D eigenvalue weighted by Crippen LogP contribution is 2.41. The van der Waals surface area contributed by atoms with Gasteiger partial charge in [-0.05, 0) is 60.4 Å². The topological polar surface area (TPSA) is 217 Å². The Morgan fingerprint density at radius 3 is 1.09 bits per heavy atom. The van der Waals surface area contributed by atoms with Crippen LogP contribution in [0.25, 0.3) is 0 Å². The number of nitrogens with zero attached hydrogens (tertiary/aromatic N) is 6. The lowest BCUT2D eigenvalue weighted by Crippen LogP contribution is -1.92. The normalized spacial score (nSPS) is 11.6. The number of nitro benzene ring substituents is 2. The number of hydrogen-bond donors (Lipinski definition) is 4. The zero-order valence-corrected chi connectivity index (χ0v) is 28.5. The number of rotatable bonds is 14. The molecular weight excluding hydrogens is 692 g/mol. The van der Waals surface area contributed by atoms with Gasteiger partial charge in [0, 0.05) is 59.2 Å². The third-order valence-electron chi connectivity index (χ3n) is 7.96. The maximum Gasteiger partial charge on any atom is 0.311 e. The van der Waals surface area contributed by atoms with Gasteiger partial charge >= 0.3 is 11.4 Å². The predicted molar refractivity (Wildman–Crippen MR) is 209 cm³/mol. The maximum atomic E-state index is 11.5. The summed E-state index contributed by atoms with van der Waals surface area (Å²) in [5.41, 5.74) is 1.59. The quantitative estimate of drug-likeness (QED) is 0.0374. The van der Waals surface area contributed by atoms with Crippen LogP contribution in [-0.2, 0) is 12.8 Å². The Bertz CT molecular complexity index is 2240. The summed E-state index contributed by atoms with van der Waals surface area (Å²) in [6.45, 7) is 7.44. The molecule has 0 amide bonds. The third kappa shape index (κ3) is 8.58. The van der Waals surface area contributed by atoms with Crippen molar-refractivity contribution in [2.45, 2.75) is 12.8 Å². The van der Waals surface area contributed by atoms with E-state index >= 15 is 0 Å². The van der Waals surface area contributed by atoms with Crippen LogP contribution in [0.2, 0.25) is 0 Å². The predicted octanol–water partition coefficient (Wildman–Crippen LogP) is 8.78. The van der Waals surface area contributed by atoms with Crippen molar-refractivity contribution in [3.05, 3.63) is 164 Å². The summed E-state index contributed by atoms with van der Waals surface area (Å²) in [6, 6.07) is 21.1. The van der Waals surface area contributed by atoms with E-state index in [9.17, 15) is 40.7 Å². The molecule has 0 saturated heterocycles. The molecule has 0 spiro atoms. The Morgan fingerprint density at radius 1 is 0.500 bits per heavy atom. The van der Waals surface area contributed by atoms with Crippen LogP contribution >= 0.6 is 0 Å². The number of para-hydroxylation sites is 4. The lowest BCUT2D eigenvalue weighted by Gasteiger charge is -2.09. The van der Waals surface area contributed by atoms with Crippen molar-refractivity contribution >= 4 is 59.0 Å². The van der Waals surface area contributed by atoms with Crippen molar-refractivity contribution in [2.24, 2.45) is 20.0 Å². The molecule has 270 valence electrons. The molecule has 5 aromatic rings. The van der Waals surface area contributed by atoms with Gasteiger partial charge in [-0.2, -0.15) is 0 Å².